The van der Waals surface area contributed by atoms with Crippen LogP contribution in [0.3, 0.4) is 0 Å². The van der Waals surface area contributed by atoms with Gasteiger partial charge in [0.15, 0.2) is 11.5 Å². The molecule has 1 heterocycles. The minimum atomic E-state index is -0.557. The first-order chi connectivity index (χ1) is 11.4. The number of benzene rings is 1. The van der Waals surface area contributed by atoms with Crippen LogP contribution in [0.2, 0.25) is 0 Å². The summed E-state index contributed by atoms with van der Waals surface area (Å²) in [5.41, 5.74) is 0.975. The van der Waals surface area contributed by atoms with Crippen molar-refractivity contribution in [2.24, 2.45) is 5.92 Å². The Labute approximate surface area is 142 Å². The molecule has 1 atom stereocenters. The van der Waals surface area contributed by atoms with Gasteiger partial charge in [0, 0.05) is 13.0 Å². The van der Waals surface area contributed by atoms with Gasteiger partial charge in [-0.05, 0) is 30.0 Å². The van der Waals surface area contributed by atoms with Crippen molar-refractivity contribution < 1.29 is 19.4 Å². The van der Waals surface area contributed by atoms with Gasteiger partial charge in [-0.25, -0.2) is 0 Å². The summed E-state index contributed by atoms with van der Waals surface area (Å²) < 4.78 is 5.26. The molecular weight excluding hydrogens is 306 g/mol. The molecule has 1 N–H and O–H groups in total. The van der Waals surface area contributed by atoms with Crippen LogP contribution in [-0.2, 0) is 9.59 Å². The smallest absolute Gasteiger partial charge is 0.290 e. The number of ether oxygens (including phenoxy) is 1. The minimum absolute atomic E-state index is 0.152. The standard InChI is InChI=1S/C19H25NO4/c1-5-9-20-17(13-7-6-8-14(11-13)24-4)16(18(22)19(20)23)15(21)10-12(2)3/h6-8,11-12,17,22H,5,9-10H2,1-4H3. The Bertz CT molecular complexity index is 663. The van der Waals surface area contributed by atoms with Gasteiger partial charge >= 0.3 is 0 Å². The molecule has 1 aliphatic rings. The maximum atomic E-state index is 12.7. The third-order valence-electron chi connectivity index (χ3n) is 4.07. The van der Waals surface area contributed by atoms with Crippen LogP contribution < -0.4 is 4.74 Å². The van der Waals surface area contributed by atoms with Crippen molar-refractivity contribution in [2.45, 2.75) is 39.7 Å². The van der Waals surface area contributed by atoms with E-state index in [-0.39, 0.29) is 17.3 Å². The molecule has 1 unspecified atom stereocenters. The zero-order valence-electron chi connectivity index (χ0n) is 14.7. The molecule has 0 spiro atoms. The molecule has 24 heavy (non-hydrogen) atoms. The lowest BCUT2D eigenvalue weighted by atomic mass is 9.92. The summed E-state index contributed by atoms with van der Waals surface area (Å²) >= 11 is 0. The summed E-state index contributed by atoms with van der Waals surface area (Å²) in [6.07, 6.45) is 1.04. The highest BCUT2D eigenvalue weighted by atomic mass is 16.5. The summed E-state index contributed by atoms with van der Waals surface area (Å²) in [4.78, 5) is 26.7. The summed E-state index contributed by atoms with van der Waals surface area (Å²) in [6.45, 7) is 6.32. The summed E-state index contributed by atoms with van der Waals surface area (Å²) in [6, 6.07) is 6.73. The Morgan fingerprint density at radius 1 is 1.38 bits per heavy atom. The lowest BCUT2D eigenvalue weighted by Gasteiger charge is -2.26. The highest BCUT2D eigenvalue weighted by molar-refractivity contribution is 6.09. The number of aliphatic hydroxyl groups is 1. The van der Waals surface area contributed by atoms with Crippen LogP contribution in [-0.4, -0.2) is 35.4 Å². The molecule has 0 aromatic heterocycles. The number of rotatable bonds is 7. The van der Waals surface area contributed by atoms with Crippen LogP contribution >= 0.6 is 0 Å². The molecule has 5 nitrogen and oxygen atoms in total. The quantitative estimate of drug-likeness (QED) is 0.831. The largest absolute Gasteiger partial charge is 0.503 e. The van der Waals surface area contributed by atoms with E-state index in [1.165, 1.54) is 0 Å². The van der Waals surface area contributed by atoms with E-state index in [0.717, 1.165) is 12.0 Å². The molecule has 0 bridgehead atoms. The maximum absolute atomic E-state index is 12.7. The second-order valence-electron chi connectivity index (χ2n) is 6.46. The number of hydrogen-bond donors (Lipinski definition) is 1. The van der Waals surface area contributed by atoms with Crippen LogP contribution in [0.4, 0.5) is 0 Å². The van der Waals surface area contributed by atoms with Crippen molar-refractivity contribution in [3.05, 3.63) is 41.2 Å². The van der Waals surface area contributed by atoms with Gasteiger partial charge < -0.3 is 14.7 Å². The van der Waals surface area contributed by atoms with Crippen molar-refractivity contribution in [1.29, 1.82) is 0 Å². The van der Waals surface area contributed by atoms with Gasteiger partial charge in [-0.1, -0.05) is 32.9 Å². The summed E-state index contributed by atoms with van der Waals surface area (Å²) in [5.74, 6) is -0.265. The molecule has 1 aromatic carbocycles. The molecule has 0 aliphatic carbocycles. The second-order valence-corrected chi connectivity index (χ2v) is 6.46. The normalized spacial score (nSPS) is 17.8. The highest BCUT2D eigenvalue weighted by Gasteiger charge is 2.42. The van der Waals surface area contributed by atoms with E-state index in [4.69, 9.17) is 4.74 Å². The monoisotopic (exact) mass is 331 g/mol. The Hall–Kier alpha value is -2.30. The van der Waals surface area contributed by atoms with Crippen molar-refractivity contribution >= 4 is 11.7 Å². The second kappa shape index (κ2) is 7.51. The molecule has 1 aromatic rings. The molecule has 5 heteroatoms. The van der Waals surface area contributed by atoms with Gasteiger partial charge in [-0.3, -0.25) is 9.59 Å². The molecule has 0 radical (unpaired) electrons. The summed E-state index contributed by atoms with van der Waals surface area (Å²) in [5, 5.41) is 10.3. The van der Waals surface area contributed by atoms with Crippen LogP contribution in [0.15, 0.2) is 35.6 Å². The Kier molecular flexibility index (Phi) is 5.65. The van der Waals surface area contributed by atoms with E-state index >= 15 is 0 Å². The Balaban J connectivity index is 2.51. The number of carbonyl (C=O) groups is 2. The third kappa shape index (κ3) is 3.45. The highest BCUT2D eigenvalue weighted by Crippen LogP contribution is 2.39. The van der Waals surface area contributed by atoms with Gasteiger partial charge in [-0.15, -0.1) is 0 Å². The maximum Gasteiger partial charge on any atom is 0.290 e. The van der Waals surface area contributed by atoms with E-state index in [2.05, 4.69) is 0 Å². The van der Waals surface area contributed by atoms with Crippen molar-refractivity contribution in [1.82, 2.24) is 4.90 Å². The first-order valence-electron chi connectivity index (χ1n) is 8.31. The van der Waals surface area contributed by atoms with Gasteiger partial charge in [0.25, 0.3) is 5.91 Å². The van der Waals surface area contributed by atoms with Gasteiger partial charge in [0.2, 0.25) is 0 Å². The average Bonchev–Trinajstić information content (AvgIpc) is 2.79. The Morgan fingerprint density at radius 2 is 2.08 bits per heavy atom. The molecule has 0 saturated heterocycles. The molecule has 1 amide bonds. The molecular formula is C19H25NO4. The van der Waals surface area contributed by atoms with Crippen LogP contribution in [0.25, 0.3) is 0 Å². The van der Waals surface area contributed by atoms with Gasteiger partial charge in [0.1, 0.15) is 5.75 Å². The zero-order valence-corrected chi connectivity index (χ0v) is 14.7. The number of ketones is 1. The summed E-state index contributed by atoms with van der Waals surface area (Å²) in [7, 11) is 1.57. The Morgan fingerprint density at radius 3 is 2.67 bits per heavy atom. The van der Waals surface area contributed by atoms with E-state index in [9.17, 15) is 14.7 Å². The van der Waals surface area contributed by atoms with Crippen LogP contribution in [0, 0.1) is 5.92 Å². The number of nitrogens with zero attached hydrogens (tertiary/aromatic N) is 1. The predicted molar refractivity (Wildman–Crippen MR) is 91.9 cm³/mol. The van der Waals surface area contributed by atoms with Gasteiger partial charge in [-0.2, -0.15) is 0 Å². The van der Waals surface area contributed by atoms with Crippen LogP contribution in [0.5, 0.6) is 5.75 Å². The fourth-order valence-electron chi connectivity index (χ4n) is 3.05. The number of aliphatic hydroxyl groups excluding tert-OH is 1. The topological polar surface area (TPSA) is 66.8 Å². The van der Waals surface area contributed by atoms with E-state index in [1.54, 1.807) is 12.0 Å². The van der Waals surface area contributed by atoms with E-state index in [0.29, 0.717) is 18.7 Å². The van der Waals surface area contributed by atoms with Crippen molar-refractivity contribution in [2.75, 3.05) is 13.7 Å². The first kappa shape index (κ1) is 18.0. The average molecular weight is 331 g/mol. The third-order valence-corrected chi connectivity index (χ3v) is 4.07. The molecule has 0 fully saturated rings. The van der Waals surface area contributed by atoms with Crippen molar-refractivity contribution in [3.63, 3.8) is 0 Å². The number of amides is 1. The molecule has 0 saturated carbocycles. The number of methoxy groups -OCH3 is 1. The number of carbonyl (C=O) groups excluding carboxylic acids is 2. The molecule has 130 valence electrons. The first-order valence-corrected chi connectivity index (χ1v) is 8.31. The number of Topliss-reactive ketones (excluding diaryl/α,β-unsaturated/α-hetero) is 1. The van der Waals surface area contributed by atoms with E-state index in [1.807, 2.05) is 45.0 Å². The lowest BCUT2D eigenvalue weighted by molar-refractivity contribution is -0.129. The fraction of sp³-hybridized carbons (Fsp3) is 0.474. The molecule has 2 rings (SSSR count). The predicted octanol–water partition coefficient (Wildman–Crippen LogP) is 3.42. The van der Waals surface area contributed by atoms with Gasteiger partial charge in [0.05, 0.1) is 18.7 Å². The lowest BCUT2D eigenvalue weighted by Crippen LogP contribution is -2.31. The van der Waals surface area contributed by atoms with Crippen LogP contribution in [0.1, 0.15) is 45.2 Å². The SMILES string of the molecule is CCCN1C(=O)C(O)=C(C(=O)CC(C)C)C1c1cccc(OC)c1. The minimum Gasteiger partial charge on any atom is -0.503 e. The molecule has 1 aliphatic heterocycles. The zero-order chi connectivity index (χ0) is 17.9. The fourth-order valence-corrected chi connectivity index (χ4v) is 3.05. The van der Waals surface area contributed by atoms with Crippen molar-refractivity contribution in [3.8, 4) is 5.75 Å². The number of hydrogen-bond acceptors (Lipinski definition) is 4. The van der Waals surface area contributed by atoms with E-state index < -0.39 is 17.7 Å².